The van der Waals surface area contributed by atoms with E-state index in [4.69, 9.17) is 4.43 Å². The van der Waals surface area contributed by atoms with Crippen molar-refractivity contribution < 1.29 is 9.53 Å². The van der Waals surface area contributed by atoms with Gasteiger partial charge in [0.15, 0.2) is 8.32 Å². The predicted octanol–water partition coefficient (Wildman–Crippen LogP) is 2.78. The summed E-state index contributed by atoms with van der Waals surface area (Å²) >= 11 is 0. The zero-order valence-corrected chi connectivity index (χ0v) is 11.0. The summed E-state index contributed by atoms with van der Waals surface area (Å²) in [5.41, 5.74) is 0. The highest BCUT2D eigenvalue weighted by atomic mass is 28.4. The number of rotatable bonds is 3. The summed E-state index contributed by atoms with van der Waals surface area (Å²) in [5.74, 6) is 0. The second-order valence-electron chi connectivity index (χ2n) is 5.32. The third-order valence-electron chi connectivity index (χ3n) is 2.97. The Kier molecular flexibility index (Phi) is 4.15. The first-order valence-electron chi connectivity index (χ1n) is 4.94. The number of hydrogen-bond donors (Lipinski definition) is 1. The molecule has 0 bridgehead atoms. The molecule has 0 spiro atoms. The van der Waals surface area contributed by atoms with Crippen LogP contribution in [0.15, 0.2) is 0 Å². The Morgan fingerprint density at radius 3 is 1.77 bits per heavy atom. The van der Waals surface area contributed by atoms with E-state index in [0.717, 1.165) is 0 Å². The van der Waals surface area contributed by atoms with Gasteiger partial charge in [-0.3, -0.25) is 0 Å². The second-order valence-corrected chi connectivity index (χ2v) is 10.1. The maximum Gasteiger partial charge on any atom is 0.192 e. The van der Waals surface area contributed by atoms with Crippen molar-refractivity contribution >= 4 is 8.32 Å². The summed E-state index contributed by atoms with van der Waals surface area (Å²) in [5, 5.41) is 9.57. The molecule has 0 fully saturated rings. The number of aliphatic hydroxyl groups excluding tert-OH is 1. The molecule has 0 unspecified atom stereocenters. The Balaban J connectivity index is 4.34. The molecular formula is C10H24O2Si. The first kappa shape index (κ1) is 13.1. The van der Waals surface area contributed by atoms with Gasteiger partial charge in [0.05, 0.1) is 12.2 Å². The lowest BCUT2D eigenvalue weighted by atomic mass is 10.2. The van der Waals surface area contributed by atoms with Crippen LogP contribution in [0.2, 0.25) is 18.1 Å². The number of aliphatic hydroxyl groups is 1. The Labute approximate surface area is 83.4 Å². The summed E-state index contributed by atoms with van der Waals surface area (Å²) < 4.78 is 5.95. The molecule has 0 aromatic carbocycles. The van der Waals surface area contributed by atoms with E-state index in [0.29, 0.717) is 0 Å². The minimum atomic E-state index is -1.69. The SMILES string of the molecule is C[C@H](O)[C@@H](C)O[Si](C)(C)C(C)(C)C. The van der Waals surface area contributed by atoms with Crippen LogP contribution < -0.4 is 0 Å². The van der Waals surface area contributed by atoms with Crippen LogP contribution in [0, 0.1) is 0 Å². The molecule has 0 saturated carbocycles. The van der Waals surface area contributed by atoms with Crippen LogP contribution in [0.4, 0.5) is 0 Å². The average molecular weight is 204 g/mol. The highest BCUT2D eigenvalue weighted by Crippen LogP contribution is 2.37. The first-order chi connectivity index (χ1) is 5.58. The topological polar surface area (TPSA) is 29.5 Å². The van der Waals surface area contributed by atoms with Gasteiger partial charge in [0.2, 0.25) is 0 Å². The third kappa shape index (κ3) is 3.79. The largest absolute Gasteiger partial charge is 0.412 e. The minimum absolute atomic E-state index is 0.0547. The van der Waals surface area contributed by atoms with Crippen molar-refractivity contribution in [2.45, 2.75) is 65.0 Å². The van der Waals surface area contributed by atoms with Crippen molar-refractivity contribution in [3.63, 3.8) is 0 Å². The van der Waals surface area contributed by atoms with E-state index in [-0.39, 0.29) is 17.2 Å². The summed E-state index contributed by atoms with van der Waals surface area (Å²) in [6.07, 6.45) is -0.435. The van der Waals surface area contributed by atoms with E-state index < -0.39 is 8.32 Å². The third-order valence-corrected chi connectivity index (χ3v) is 7.54. The molecule has 0 radical (unpaired) electrons. The van der Waals surface area contributed by atoms with Gasteiger partial charge in [-0.05, 0) is 32.0 Å². The van der Waals surface area contributed by atoms with Gasteiger partial charge in [-0.2, -0.15) is 0 Å². The van der Waals surface area contributed by atoms with Gasteiger partial charge in [-0.15, -0.1) is 0 Å². The molecule has 2 atom stereocenters. The molecule has 3 heteroatoms. The van der Waals surface area contributed by atoms with Crippen LogP contribution in [0.5, 0.6) is 0 Å². The fourth-order valence-corrected chi connectivity index (χ4v) is 2.22. The fraction of sp³-hybridized carbons (Fsp3) is 1.00. The van der Waals surface area contributed by atoms with Crippen LogP contribution in [0.1, 0.15) is 34.6 Å². The molecule has 0 rings (SSSR count). The molecule has 0 saturated heterocycles. The van der Waals surface area contributed by atoms with Crippen molar-refractivity contribution in [2.24, 2.45) is 0 Å². The predicted molar refractivity (Wildman–Crippen MR) is 59.4 cm³/mol. The van der Waals surface area contributed by atoms with E-state index in [2.05, 4.69) is 33.9 Å². The lowest BCUT2D eigenvalue weighted by Crippen LogP contribution is -2.45. The monoisotopic (exact) mass is 204 g/mol. The van der Waals surface area contributed by atoms with Crippen LogP contribution >= 0.6 is 0 Å². The fourth-order valence-electron chi connectivity index (χ4n) is 0.740. The van der Waals surface area contributed by atoms with E-state index in [9.17, 15) is 5.11 Å². The minimum Gasteiger partial charge on any atom is -0.412 e. The smallest absolute Gasteiger partial charge is 0.192 e. The highest BCUT2D eigenvalue weighted by molar-refractivity contribution is 6.74. The average Bonchev–Trinajstić information content (AvgIpc) is 1.83. The second kappa shape index (κ2) is 4.11. The quantitative estimate of drug-likeness (QED) is 0.716. The van der Waals surface area contributed by atoms with Gasteiger partial charge in [-0.1, -0.05) is 20.8 Å². The maximum atomic E-state index is 9.35. The van der Waals surface area contributed by atoms with E-state index >= 15 is 0 Å². The molecule has 1 N–H and O–H groups in total. The van der Waals surface area contributed by atoms with Crippen molar-refractivity contribution in [3.05, 3.63) is 0 Å². The van der Waals surface area contributed by atoms with Gasteiger partial charge in [0.1, 0.15) is 0 Å². The van der Waals surface area contributed by atoms with Crippen LogP contribution in [0.25, 0.3) is 0 Å². The summed E-state index contributed by atoms with van der Waals surface area (Å²) in [4.78, 5) is 0. The van der Waals surface area contributed by atoms with Crippen molar-refractivity contribution in [1.82, 2.24) is 0 Å². The van der Waals surface area contributed by atoms with Crippen LogP contribution in [-0.2, 0) is 4.43 Å². The van der Waals surface area contributed by atoms with Gasteiger partial charge in [-0.25, -0.2) is 0 Å². The molecule has 0 amide bonds. The molecular weight excluding hydrogens is 180 g/mol. The van der Waals surface area contributed by atoms with Gasteiger partial charge >= 0.3 is 0 Å². The molecule has 80 valence electrons. The molecule has 0 heterocycles. The maximum absolute atomic E-state index is 9.35. The lowest BCUT2D eigenvalue weighted by Gasteiger charge is -2.39. The Hall–Kier alpha value is 0.137. The van der Waals surface area contributed by atoms with Crippen molar-refractivity contribution in [2.75, 3.05) is 0 Å². The Morgan fingerprint density at radius 1 is 1.15 bits per heavy atom. The summed E-state index contributed by atoms with van der Waals surface area (Å²) in [6.45, 7) is 14.7. The molecule has 0 aliphatic heterocycles. The molecule has 13 heavy (non-hydrogen) atoms. The molecule has 0 aliphatic rings. The summed E-state index contributed by atoms with van der Waals surface area (Å²) in [7, 11) is -1.69. The van der Waals surface area contributed by atoms with Crippen molar-refractivity contribution in [3.8, 4) is 0 Å². The van der Waals surface area contributed by atoms with Gasteiger partial charge in [0.25, 0.3) is 0 Å². The van der Waals surface area contributed by atoms with E-state index in [1.54, 1.807) is 6.92 Å². The van der Waals surface area contributed by atoms with Gasteiger partial charge in [0, 0.05) is 0 Å². The van der Waals surface area contributed by atoms with E-state index in [1.807, 2.05) is 6.92 Å². The van der Waals surface area contributed by atoms with Crippen molar-refractivity contribution in [1.29, 1.82) is 0 Å². The van der Waals surface area contributed by atoms with Crippen LogP contribution in [-0.4, -0.2) is 25.6 Å². The zero-order chi connectivity index (χ0) is 10.9. The summed E-state index contributed by atoms with van der Waals surface area (Å²) in [6, 6.07) is 0. The van der Waals surface area contributed by atoms with Gasteiger partial charge < -0.3 is 9.53 Å². The Morgan fingerprint density at radius 2 is 1.54 bits per heavy atom. The number of hydrogen-bond acceptors (Lipinski definition) is 2. The Bertz CT molecular complexity index is 159. The standard InChI is InChI=1S/C10H24O2Si/c1-8(11)9(2)12-13(6,7)10(3,4)5/h8-9,11H,1-7H3/t8-,9+/m0/s1. The molecule has 2 nitrogen and oxygen atoms in total. The molecule has 0 aromatic heterocycles. The highest BCUT2D eigenvalue weighted by Gasteiger charge is 2.38. The lowest BCUT2D eigenvalue weighted by molar-refractivity contribution is 0.0512. The first-order valence-corrected chi connectivity index (χ1v) is 7.84. The molecule has 0 aliphatic carbocycles. The normalized spacial score (nSPS) is 18.5. The van der Waals surface area contributed by atoms with E-state index in [1.165, 1.54) is 0 Å². The molecule has 0 aromatic rings. The zero-order valence-electron chi connectivity index (χ0n) is 10.0. The van der Waals surface area contributed by atoms with Crippen LogP contribution in [0.3, 0.4) is 0 Å².